The molecule has 30 heavy (non-hydrogen) atoms. The fraction of sp³-hybridized carbons (Fsp3) is 0.167. The number of imide groups is 1. The molecule has 2 fully saturated rings. The Labute approximate surface area is 179 Å². The third-order valence-corrected chi connectivity index (χ3v) is 5.83. The third kappa shape index (κ3) is 3.16. The molecule has 3 aromatic carbocycles. The van der Waals surface area contributed by atoms with Crippen LogP contribution in [0.15, 0.2) is 84.9 Å². The summed E-state index contributed by atoms with van der Waals surface area (Å²) in [5, 5.41) is 2.25. The molecule has 2 heterocycles. The van der Waals surface area contributed by atoms with Gasteiger partial charge in [-0.1, -0.05) is 72.3 Å². The van der Waals surface area contributed by atoms with Crippen LogP contribution in [0.5, 0.6) is 0 Å². The first kappa shape index (κ1) is 18.9. The molecule has 2 amide bonds. The minimum Gasteiger partial charge on any atom is -0.275 e. The lowest BCUT2D eigenvalue weighted by Crippen LogP contribution is -2.36. The van der Waals surface area contributed by atoms with Crippen LogP contribution in [0.25, 0.3) is 0 Å². The second kappa shape index (κ2) is 7.59. The van der Waals surface area contributed by atoms with E-state index in [9.17, 15) is 9.59 Å². The summed E-state index contributed by atoms with van der Waals surface area (Å²) in [7, 11) is 0. The van der Waals surface area contributed by atoms with Crippen LogP contribution in [0.2, 0.25) is 5.02 Å². The number of carbonyl (C=O) groups is 2. The van der Waals surface area contributed by atoms with Gasteiger partial charge in [-0.15, -0.1) is 0 Å². The molecule has 2 aliphatic rings. The van der Waals surface area contributed by atoms with Gasteiger partial charge in [0, 0.05) is 5.02 Å². The SMILES string of the molecule is O=C1[C@H]2[C@@H](ON(c3ccccc3)[C@H]2c2cccc(Cl)c2)C(=O)N1Cc1ccccc1. The molecule has 0 spiro atoms. The van der Waals surface area contributed by atoms with E-state index in [2.05, 4.69) is 0 Å². The molecule has 2 saturated heterocycles. The number of hydrogen-bond donors (Lipinski definition) is 0. The zero-order chi connectivity index (χ0) is 20.7. The maximum absolute atomic E-state index is 13.4. The van der Waals surface area contributed by atoms with E-state index in [0.29, 0.717) is 5.02 Å². The van der Waals surface area contributed by atoms with Crippen molar-refractivity contribution in [2.75, 3.05) is 5.06 Å². The highest BCUT2D eigenvalue weighted by Gasteiger charge is 2.59. The van der Waals surface area contributed by atoms with Crippen LogP contribution >= 0.6 is 11.6 Å². The van der Waals surface area contributed by atoms with Crippen molar-refractivity contribution < 1.29 is 14.4 Å². The first-order valence-corrected chi connectivity index (χ1v) is 10.2. The number of para-hydroxylation sites is 1. The summed E-state index contributed by atoms with van der Waals surface area (Å²) in [6, 6.07) is 25.9. The topological polar surface area (TPSA) is 49.9 Å². The summed E-state index contributed by atoms with van der Waals surface area (Å²) >= 11 is 6.24. The lowest BCUT2D eigenvalue weighted by Gasteiger charge is -2.28. The number of likely N-dealkylation sites (tertiary alicyclic amines) is 1. The quantitative estimate of drug-likeness (QED) is 0.590. The highest BCUT2D eigenvalue weighted by molar-refractivity contribution is 6.30. The third-order valence-electron chi connectivity index (χ3n) is 5.59. The van der Waals surface area contributed by atoms with Gasteiger partial charge in [0.15, 0.2) is 6.10 Å². The highest BCUT2D eigenvalue weighted by atomic mass is 35.5. The number of halogens is 1. The predicted octanol–water partition coefficient (Wildman–Crippen LogP) is 4.39. The van der Waals surface area contributed by atoms with Crippen molar-refractivity contribution in [1.82, 2.24) is 4.90 Å². The van der Waals surface area contributed by atoms with E-state index >= 15 is 0 Å². The van der Waals surface area contributed by atoms with Crippen LogP contribution in [-0.4, -0.2) is 22.8 Å². The maximum Gasteiger partial charge on any atom is 0.262 e. The van der Waals surface area contributed by atoms with E-state index in [4.69, 9.17) is 16.4 Å². The molecule has 0 saturated carbocycles. The fourth-order valence-electron chi connectivity index (χ4n) is 4.22. The summed E-state index contributed by atoms with van der Waals surface area (Å²) in [5.74, 6) is -1.17. The molecule has 0 unspecified atom stereocenters. The van der Waals surface area contributed by atoms with Gasteiger partial charge in [0.25, 0.3) is 5.91 Å². The molecule has 150 valence electrons. The van der Waals surface area contributed by atoms with Gasteiger partial charge >= 0.3 is 0 Å². The molecular weight excluding hydrogens is 400 g/mol. The number of hydrogen-bond acceptors (Lipinski definition) is 4. The molecule has 5 rings (SSSR count). The Hall–Kier alpha value is -3.15. The lowest BCUT2D eigenvalue weighted by atomic mass is 9.90. The van der Waals surface area contributed by atoms with Crippen LogP contribution in [-0.2, 0) is 21.0 Å². The molecule has 3 aromatic rings. The average molecular weight is 419 g/mol. The van der Waals surface area contributed by atoms with Crippen molar-refractivity contribution in [2.24, 2.45) is 5.92 Å². The second-order valence-electron chi connectivity index (χ2n) is 7.46. The predicted molar refractivity (Wildman–Crippen MR) is 113 cm³/mol. The van der Waals surface area contributed by atoms with Crippen molar-refractivity contribution in [1.29, 1.82) is 0 Å². The van der Waals surface area contributed by atoms with Crippen molar-refractivity contribution in [3.05, 3.63) is 101 Å². The van der Waals surface area contributed by atoms with Gasteiger partial charge in [-0.05, 0) is 35.4 Å². The van der Waals surface area contributed by atoms with Crippen LogP contribution in [0, 0.1) is 5.92 Å². The Kier molecular flexibility index (Phi) is 4.77. The first-order chi connectivity index (χ1) is 14.6. The summed E-state index contributed by atoms with van der Waals surface area (Å²) in [5.41, 5.74) is 2.52. The first-order valence-electron chi connectivity index (χ1n) is 9.79. The van der Waals surface area contributed by atoms with Crippen molar-refractivity contribution >= 4 is 29.1 Å². The van der Waals surface area contributed by atoms with Gasteiger partial charge in [-0.25, -0.2) is 5.06 Å². The largest absolute Gasteiger partial charge is 0.275 e. The fourth-order valence-corrected chi connectivity index (χ4v) is 4.42. The molecule has 2 aliphatic heterocycles. The van der Waals surface area contributed by atoms with Crippen molar-refractivity contribution in [2.45, 2.75) is 18.7 Å². The van der Waals surface area contributed by atoms with E-state index in [-0.39, 0.29) is 18.4 Å². The van der Waals surface area contributed by atoms with Gasteiger partial charge < -0.3 is 0 Å². The Balaban J connectivity index is 1.53. The Morgan fingerprint density at radius 1 is 0.833 bits per heavy atom. The molecule has 5 nitrogen and oxygen atoms in total. The normalized spacial score (nSPS) is 23.2. The monoisotopic (exact) mass is 418 g/mol. The molecule has 0 bridgehead atoms. The van der Waals surface area contributed by atoms with Gasteiger partial charge in [0.2, 0.25) is 5.91 Å². The minimum absolute atomic E-state index is 0.225. The average Bonchev–Trinajstić information content (AvgIpc) is 3.27. The minimum atomic E-state index is -0.856. The van der Waals surface area contributed by atoms with Crippen LogP contribution in [0.3, 0.4) is 0 Å². The van der Waals surface area contributed by atoms with E-state index in [1.54, 1.807) is 11.1 Å². The summed E-state index contributed by atoms with van der Waals surface area (Å²) in [6.45, 7) is 0.239. The lowest BCUT2D eigenvalue weighted by molar-refractivity contribution is -0.143. The Morgan fingerprint density at radius 3 is 2.23 bits per heavy atom. The number of amides is 2. The van der Waals surface area contributed by atoms with E-state index in [1.165, 1.54) is 4.90 Å². The van der Waals surface area contributed by atoms with E-state index < -0.39 is 18.1 Å². The van der Waals surface area contributed by atoms with Crippen molar-refractivity contribution in [3.63, 3.8) is 0 Å². The molecule has 0 aromatic heterocycles. The van der Waals surface area contributed by atoms with Gasteiger partial charge in [-0.2, -0.15) is 0 Å². The molecule has 0 aliphatic carbocycles. The summed E-state index contributed by atoms with van der Waals surface area (Å²) in [4.78, 5) is 34.0. The zero-order valence-corrected chi connectivity index (χ0v) is 16.8. The van der Waals surface area contributed by atoms with E-state index in [1.807, 2.05) is 78.9 Å². The Morgan fingerprint density at radius 2 is 1.53 bits per heavy atom. The number of nitrogens with zero attached hydrogens (tertiary/aromatic N) is 2. The molecule has 6 heteroatoms. The highest BCUT2D eigenvalue weighted by Crippen LogP contribution is 2.47. The van der Waals surface area contributed by atoms with Crippen molar-refractivity contribution in [3.8, 4) is 0 Å². The van der Waals surface area contributed by atoms with Gasteiger partial charge in [0.05, 0.1) is 18.3 Å². The number of rotatable bonds is 4. The number of hydroxylamine groups is 1. The number of anilines is 1. The molecule has 0 N–H and O–H groups in total. The molecular formula is C24H19ClN2O3. The number of carbonyl (C=O) groups excluding carboxylic acids is 2. The van der Waals surface area contributed by atoms with Gasteiger partial charge in [0.1, 0.15) is 5.92 Å². The van der Waals surface area contributed by atoms with Gasteiger partial charge in [-0.3, -0.25) is 19.3 Å². The molecule has 0 radical (unpaired) electrons. The molecule has 3 atom stereocenters. The standard InChI is InChI=1S/C24H19ClN2O3/c25-18-11-7-10-17(14-18)21-20-22(30-27(21)19-12-5-2-6-13-19)24(29)26(23(20)28)15-16-8-3-1-4-9-16/h1-14,20-22H,15H2/t20-,21+,22-/m1/s1. The van der Waals surface area contributed by atoms with E-state index in [0.717, 1.165) is 16.8 Å². The Bertz CT molecular complexity index is 1090. The zero-order valence-electron chi connectivity index (χ0n) is 16.0. The number of fused-ring (bicyclic) bond motifs is 1. The summed E-state index contributed by atoms with van der Waals surface area (Å²) in [6.07, 6.45) is -0.856. The number of benzene rings is 3. The smallest absolute Gasteiger partial charge is 0.262 e. The van der Waals surface area contributed by atoms with Crippen LogP contribution in [0.1, 0.15) is 17.2 Å². The van der Waals surface area contributed by atoms with Crippen LogP contribution < -0.4 is 5.06 Å². The van der Waals surface area contributed by atoms with Crippen LogP contribution in [0.4, 0.5) is 5.69 Å². The summed E-state index contributed by atoms with van der Waals surface area (Å²) < 4.78 is 0. The maximum atomic E-state index is 13.4. The second-order valence-corrected chi connectivity index (χ2v) is 7.90.